The van der Waals surface area contributed by atoms with E-state index in [0.717, 1.165) is 22.8 Å². The van der Waals surface area contributed by atoms with Gasteiger partial charge in [-0.05, 0) is 125 Å². The average molecular weight is 1530 g/mol. The second-order valence-electron chi connectivity index (χ2n) is 28.7. The molecule has 0 bridgehead atoms. The first-order valence-corrected chi connectivity index (χ1v) is 37.1. The number of nitrogens with zero attached hydrogens (tertiary/aromatic N) is 4. The SMILES string of the molecule is C/C=C1/NC(=O)[C@H](CO)NC(=O)[C@@H]([C@@H](C)CC)NC(=O)[C@@H]2CCCN2C(=O)[C@@H]2CCCN2C(=O)CNC(=O)[C@H](CCC(N)=O)NC(=O)[C@H](O)[C@@H](C[C@H](C[C@@H](O)[C@@H](O)CC(C)C)OC(=O)[C@@H](Cc2ccc(O)cc2)N(C)C(C)=O)NC(=O)[C@@H]2CCCN2C(=O)[C@H](CCc2ccc(OC)cc2)NC(=O)[C@H]([C@@H](C)O)NC1=O. The molecule has 4 fully saturated rings. The van der Waals surface area contributed by atoms with Crippen molar-refractivity contribution in [2.24, 2.45) is 17.6 Å². The Hall–Kier alpha value is -9.84. The first-order valence-electron chi connectivity index (χ1n) is 37.1. The lowest BCUT2D eigenvalue weighted by atomic mass is 9.93. The number of carbonyl (C=O) groups excluding carboxylic acids is 14. The quantitative estimate of drug-likeness (QED) is 0.0388. The lowest BCUT2D eigenvalue weighted by Gasteiger charge is -2.34. The summed E-state index contributed by atoms with van der Waals surface area (Å²) in [6.07, 6.45) is -9.84. The van der Waals surface area contributed by atoms with E-state index in [9.17, 15) is 88.2 Å². The number of aliphatic hydroxyl groups is 5. The number of aliphatic hydroxyl groups excluding tert-OH is 5. The fourth-order valence-electron chi connectivity index (χ4n) is 13.6. The van der Waals surface area contributed by atoms with Crippen LogP contribution in [0, 0.1) is 11.8 Å². The van der Waals surface area contributed by atoms with Crippen LogP contribution in [-0.2, 0) is 84.7 Å². The summed E-state index contributed by atoms with van der Waals surface area (Å²) in [7, 11) is 2.76. The second-order valence-corrected chi connectivity index (χ2v) is 28.7. The maximum Gasteiger partial charge on any atom is 0.329 e. The zero-order valence-corrected chi connectivity index (χ0v) is 63.2. The van der Waals surface area contributed by atoms with Crippen molar-refractivity contribution < 1.29 is 107 Å². The van der Waals surface area contributed by atoms with Crippen LogP contribution in [0.15, 0.2) is 60.3 Å². The Morgan fingerprint density at radius 3 is 1.79 bits per heavy atom. The Morgan fingerprint density at radius 1 is 0.661 bits per heavy atom. The standard InChI is InChI=1S/C74H109N13O22/c1-10-40(5)61-69(102)81-52(38-88)66(99)77-48(11-2)65(98)83-62(41(6)89)70(103)79-50(27-22-43-20-25-46(108-9)26-21-43)72(105)86-31-12-15-53(86)67(100)80-51(35-47(36-58(93)57(92)33-39(3)4)109-74(107)56(84(8)42(7)90)34-44-18-23-45(91)24-19-44)63(96)71(104)78-49(28-29-59(75)94)64(97)76-37-60(95)85-30-14-17-55(85)73(106)87-32-13-16-54(87)68(101)82-61/h11,18-21,23-26,39-41,47,49-58,61-63,88-89,91-93,96H,10,12-17,22,27-38H2,1-9H3,(H2,75,94)(H,76,97)(H,77,99)(H,78,104)(H,79,103)(H,80,100)(H,81,102)(H,82,101)(H,83,98)/b48-11+/t40-,41+,47+,49-,50-,51+,52-,53-,54-,55-,56+,57-,58+,61+,62-,63+/m0/s1. The zero-order valence-electron chi connectivity index (χ0n) is 63.2. The van der Waals surface area contributed by atoms with Gasteiger partial charge in [0, 0.05) is 59.3 Å². The van der Waals surface area contributed by atoms with Crippen molar-refractivity contribution in [3.05, 3.63) is 71.4 Å². The highest BCUT2D eigenvalue weighted by atomic mass is 16.5. The topological polar surface area (TPSA) is 514 Å². The van der Waals surface area contributed by atoms with Crippen LogP contribution in [0.2, 0.25) is 0 Å². The number of nitrogens with two attached hydrogens (primary N) is 1. The number of aromatic hydroxyl groups is 1. The number of esters is 1. The van der Waals surface area contributed by atoms with Crippen LogP contribution in [0.5, 0.6) is 11.5 Å². The molecule has 16 N–H and O–H groups in total. The van der Waals surface area contributed by atoms with E-state index in [4.69, 9.17) is 15.2 Å². The highest BCUT2D eigenvalue weighted by molar-refractivity contribution is 6.03. The Kier molecular flexibility index (Phi) is 33.6. The van der Waals surface area contributed by atoms with E-state index in [-0.39, 0.29) is 82.7 Å². The molecule has 6 rings (SSSR count). The van der Waals surface area contributed by atoms with Gasteiger partial charge in [0.2, 0.25) is 65.0 Å². The molecular weight excluding hydrogens is 1420 g/mol. The van der Waals surface area contributed by atoms with E-state index in [0.29, 0.717) is 36.1 Å². The number of benzene rings is 2. The van der Waals surface area contributed by atoms with E-state index >= 15 is 9.59 Å². The monoisotopic (exact) mass is 1530 g/mol. The third kappa shape index (κ3) is 24.8. The van der Waals surface area contributed by atoms with Gasteiger partial charge in [-0.25, -0.2) is 4.79 Å². The predicted octanol–water partition coefficient (Wildman–Crippen LogP) is -3.04. The van der Waals surface area contributed by atoms with Crippen molar-refractivity contribution >= 4 is 82.8 Å². The number of methoxy groups -OCH3 is 1. The first-order chi connectivity index (χ1) is 51.6. The number of fused-ring (bicyclic) bond motifs is 3. The zero-order chi connectivity index (χ0) is 80.7. The van der Waals surface area contributed by atoms with Crippen LogP contribution in [0.25, 0.3) is 0 Å². The molecule has 602 valence electrons. The van der Waals surface area contributed by atoms with Crippen molar-refractivity contribution in [1.29, 1.82) is 0 Å². The molecule has 0 aromatic heterocycles. The molecule has 0 saturated carbocycles. The molecule has 2 aromatic carbocycles. The lowest BCUT2D eigenvalue weighted by Crippen LogP contribution is -2.61. The van der Waals surface area contributed by atoms with Crippen molar-refractivity contribution in [3.8, 4) is 11.5 Å². The number of phenols is 1. The van der Waals surface area contributed by atoms with E-state index < -0.39 is 224 Å². The maximum absolute atomic E-state index is 15.3. The number of carbonyl (C=O) groups is 14. The first kappa shape index (κ1) is 88.1. The minimum atomic E-state index is -2.52. The number of hydrogen-bond acceptors (Lipinski definition) is 22. The van der Waals surface area contributed by atoms with Gasteiger partial charge in [0.05, 0.1) is 44.6 Å². The lowest BCUT2D eigenvalue weighted by molar-refractivity contribution is -0.162. The van der Waals surface area contributed by atoms with E-state index in [2.05, 4.69) is 42.5 Å². The summed E-state index contributed by atoms with van der Waals surface area (Å²) in [6, 6.07) is -3.38. The van der Waals surface area contributed by atoms with E-state index in [1.165, 1.54) is 62.1 Å². The van der Waals surface area contributed by atoms with Gasteiger partial charge < -0.3 is 108 Å². The summed E-state index contributed by atoms with van der Waals surface area (Å²) in [6.45, 7) is 8.56. The number of ether oxygens (including phenoxy) is 2. The maximum atomic E-state index is 15.3. The number of nitrogens with one attached hydrogen (secondary N) is 8. The van der Waals surface area contributed by atoms with Crippen LogP contribution in [0.1, 0.15) is 143 Å². The molecule has 0 unspecified atom stereocenters. The Balaban J connectivity index is 1.46. The van der Waals surface area contributed by atoms with E-state index in [1.54, 1.807) is 52.0 Å². The number of likely N-dealkylation sites (N-methyl/N-ethyl adjacent to an activating group) is 1. The van der Waals surface area contributed by atoms with Crippen molar-refractivity contribution in [2.75, 3.05) is 46.9 Å². The normalized spacial score (nSPS) is 25.8. The smallest absolute Gasteiger partial charge is 0.329 e. The van der Waals surface area contributed by atoms with Gasteiger partial charge in [0.1, 0.15) is 77.7 Å². The summed E-state index contributed by atoms with van der Waals surface area (Å²) in [5, 5.41) is 87.1. The fraction of sp³-hybridized carbons (Fsp3) is 0.622. The van der Waals surface area contributed by atoms with Crippen LogP contribution < -0.4 is 53.0 Å². The number of aryl methyl sites for hydroxylation is 1. The number of phenolic OH excluding ortho intramolecular Hbond substituents is 1. The molecular formula is C74H109N13O22. The molecule has 4 heterocycles. The third-order valence-electron chi connectivity index (χ3n) is 20.2. The van der Waals surface area contributed by atoms with Gasteiger partial charge in [-0.3, -0.25) is 62.3 Å². The van der Waals surface area contributed by atoms with Crippen LogP contribution in [0.3, 0.4) is 0 Å². The molecule has 4 saturated heterocycles. The molecule has 0 aliphatic carbocycles. The molecule has 2 aromatic rings. The van der Waals surface area contributed by atoms with Gasteiger partial charge in [-0.15, -0.1) is 0 Å². The summed E-state index contributed by atoms with van der Waals surface area (Å²) in [5.74, 6) is -14.2. The molecule has 16 atom stereocenters. The number of amides is 13. The predicted molar refractivity (Wildman–Crippen MR) is 389 cm³/mol. The molecule has 109 heavy (non-hydrogen) atoms. The average Bonchev–Trinajstić information content (AvgIpc) is 1.71. The van der Waals surface area contributed by atoms with Gasteiger partial charge in [0.15, 0.2) is 6.10 Å². The second kappa shape index (κ2) is 41.6. The molecule has 0 spiro atoms. The van der Waals surface area contributed by atoms with Crippen LogP contribution in [0.4, 0.5) is 0 Å². The summed E-state index contributed by atoms with van der Waals surface area (Å²) in [4.78, 5) is 205. The van der Waals surface area contributed by atoms with Gasteiger partial charge in [-0.1, -0.05) is 64.5 Å². The Labute approximate surface area is 632 Å². The van der Waals surface area contributed by atoms with E-state index in [1.807, 2.05) is 0 Å². The Morgan fingerprint density at radius 2 is 1.22 bits per heavy atom. The highest BCUT2D eigenvalue weighted by Crippen LogP contribution is 2.28. The summed E-state index contributed by atoms with van der Waals surface area (Å²) < 4.78 is 11.4. The van der Waals surface area contributed by atoms with Gasteiger partial charge in [-0.2, -0.15) is 0 Å². The number of primary amides is 1. The number of allylic oxidation sites excluding steroid dienone is 1. The van der Waals surface area contributed by atoms with Crippen molar-refractivity contribution in [3.63, 3.8) is 0 Å². The highest BCUT2D eigenvalue weighted by Gasteiger charge is 2.46. The molecule has 35 heteroatoms. The number of rotatable bonds is 23. The molecule has 4 aliphatic rings. The van der Waals surface area contributed by atoms with Crippen molar-refractivity contribution in [2.45, 2.75) is 236 Å². The number of hydrogen-bond donors (Lipinski definition) is 15. The van der Waals surface area contributed by atoms with Gasteiger partial charge >= 0.3 is 5.97 Å². The minimum absolute atomic E-state index is 0.00637. The van der Waals surface area contributed by atoms with Crippen molar-refractivity contribution in [1.82, 2.24) is 62.1 Å². The summed E-state index contributed by atoms with van der Waals surface area (Å²) in [5.41, 5.74) is 6.07. The largest absolute Gasteiger partial charge is 0.508 e. The van der Waals surface area contributed by atoms with Gasteiger partial charge in [0.25, 0.3) is 11.8 Å². The Bertz CT molecular complexity index is 3580. The summed E-state index contributed by atoms with van der Waals surface area (Å²) >= 11 is 0. The van der Waals surface area contributed by atoms with Crippen LogP contribution in [-0.4, -0.2) is 271 Å². The third-order valence-corrected chi connectivity index (χ3v) is 20.2. The molecule has 0 radical (unpaired) electrons. The molecule has 35 nitrogen and oxygen atoms in total. The molecule has 4 aliphatic heterocycles. The fourth-order valence-corrected chi connectivity index (χ4v) is 13.6. The molecule has 13 amide bonds. The minimum Gasteiger partial charge on any atom is -0.508 e. The van der Waals surface area contributed by atoms with Crippen LogP contribution >= 0.6 is 0 Å².